The number of carbonyl (C=O) groups excluding carboxylic acids is 1. The number of para-hydroxylation sites is 2. The molecule has 1 unspecified atom stereocenters. The van der Waals surface area contributed by atoms with Crippen LogP contribution in [0.5, 0.6) is 5.75 Å². The van der Waals surface area contributed by atoms with E-state index in [1.807, 2.05) is 12.1 Å². The molecule has 0 heterocycles. The summed E-state index contributed by atoms with van der Waals surface area (Å²) in [4.78, 5) is 11.4. The second-order valence-electron chi connectivity index (χ2n) is 3.59. The van der Waals surface area contributed by atoms with Crippen LogP contribution in [-0.4, -0.2) is 18.6 Å². The Morgan fingerprint density at radius 2 is 2.29 bits per heavy atom. The number of amides is 1. The first kappa shape index (κ1) is 12.9. The lowest BCUT2D eigenvalue weighted by Crippen LogP contribution is -2.32. The number of rotatable bonds is 5. The first-order valence-corrected chi connectivity index (χ1v) is 5.36. The largest absolute Gasteiger partial charge is 0.491 e. The number of nitrogens with one attached hydrogen (secondary N) is 1. The standard InChI is InChI=1S/C13H16N2O2/c1-3-10(2)15-13(16)8-9-17-12-7-5-4-6-11(12)14/h1,4-7,10H,8-9,14H2,2H3,(H,15,16). The molecule has 1 rings (SSSR count). The SMILES string of the molecule is C#CC(C)NC(=O)CCOc1ccccc1N. The van der Waals surface area contributed by atoms with Crippen LogP contribution in [0.1, 0.15) is 13.3 Å². The number of hydrogen-bond donors (Lipinski definition) is 2. The molecule has 0 radical (unpaired) electrons. The third kappa shape index (κ3) is 4.47. The van der Waals surface area contributed by atoms with E-state index in [0.717, 1.165) is 0 Å². The van der Waals surface area contributed by atoms with Crippen molar-refractivity contribution in [3.8, 4) is 18.1 Å². The second kappa shape index (κ2) is 6.44. The van der Waals surface area contributed by atoms with Crippen molar-refractivity contribution >= 4 is 11.6 Å². The van der Waals surface area contributed by atoms with E-state index in [4.69, 9.17) is 16.9 Å². The third-order valence-electron chi connectivity index (χ3n) is 2.13. The summed E-state index contributed by atoms with van der Waals surface area (Å²) >= 11 is 0. The van der Waals surface area contributed by atoms with Crippen LogP contribution in [0, 0.1) is 12.3 Å². The average molecular weight is 232 g/mol. The van der Waals surface area contributed by atoms with Gasteiger partial charge in [0, 0.05) is 0 Å². The van der Waals surface area contributed by atoms with Crippen molar-refractivity contribution in [3.63, 3.8) is 0 Å². The van der Waals surface area contributed by atoms with Gasteiger partial charge in [-0.1, -0.05) is 18.1 Å². The highest BCUT2D eigenvalue weighted by molar-refractivity contribution is 5.76. The van der Waals surface area contributed by atoms with Crippen molar-refractivity contribution in [2.24, 2.45) is 0 Å². The Morgan fingerprint density at radius 1 is 1.59 bits per heavy atom. The lowest BCUT2D eigenvalue weighted by Gasteiger charge is -2.10. The van der Waals surface area contributed by atoms with Crippen LogP contribution in [0.3, 0.4) is 0 Å². The van der Waals surface area contributed by atoms with Gasteiger partial charge in [-0.15, -0.1) is 6.42 Å². The Balaban J connectivity index is 2.32. The van der Waals surface area contributed by atoms with Gasteiger partial charge >= 0.3 is 0 Å². The van der Waals surface area contributed by atoms with Crippen LogP contribution in [0.2, 0.25) is 0 Å². The van der Waals surface area contributed by atoms with Gasteiger partial charge in [-0.25, -0.2) is 0 Å². The maximum absolute atomic E-state index is 11.4. The van der Waals surface area contributed by atoms with E-state index in [1.54, 1.807) is 19.1 Å². The van der Waals surface area contributed by atoms with E-state index in [2.05, 4.69) is 11.2 Å². The number of nitrogen functional groups attached to an aromatic ring is 1. The maximum Gasteiger partial charge on any atom is 0.224 e. The molecule has 1 aromatic carbocycles. The zero-order chi connectivity index (χ0) is 12.7. The molecule has 0 bridgehead atoms. The van der Waals surface area contributed by atoms with Gasteiger partial charge in [0.25, 0.3) is 0 Å². The number of nitrogens with two attached hydrogens (primary N) is 1. The van der Waals surface area contributed by atoms with E-state index in [-0.39, 0.29) is 25.0 Å². The Labute approximate surface area is 101 Å². The van der Waals surface area contributed by atoms with Gasteiger partial charge in [0.05, 0.1) is 24.8 Å². The number of anilines is 1. The molecule has 0 spiro atoms. The number of terminal acetylenes is 1. The first-order chi connectivity index (χ1) is 8.13. The molecule has 0 saturated heterocycles. The van der Waals surface area contributed by atoms with Crippen LogP contribution < -0.4 is 15.8 Å². The van der Waals surface area contributed by atoms with Crippen molar-refractivity contribution in [1.82, 2.24) is 5.32 Å². The van der Waals surface area contributed by atoms with Crippen molar-refractivity contribution in [1.29, 1.82) is 0 Å². The summed E-state index contributed by atoms with van der Waals surface area (Å²) in [5.41, 5.74) is 6.25. The predicted molar refractivity (Wildman–Crippen MR) is 67.4 cm³/mol. The molecular formula is C13H16N2O2. The van der Waals surface area contributed by atoms with Crippen LogP contribution in [0.4, 0.5) is 5.69 Å². The highest BCUT2D eigenvalue weighted by Gasteiger charge is 2.05. The van der Waals surface area contributed by atoms with E-state index in [9.17, 15) is 4.79 Å². The highest BCUT2D eigenvalue weighted by atomic mass is 16.5. The Kier molecular flexibility index (Phi) is 4.89. The van der Waals surface area contributed by atoms with E-state index in [0.29, 0.717) is 11.4 Å². The van der Waals surface area contributed by atoms with E-state index >= 15 is 0 Å². The zero-order valence-electron chi connectivity index (χ0n) is 9.77. The molecule has 0 aliphatic rings. The molecule has 0 saturated carbocycles. The van der Waals surface area contributed by atoms with Gasteiger partial charge in [-0.2, -0.15) is 0 Å². The number of ether oxygens (including phenoxy) is 1. The third-order valence-corrected chi connectivity index (χ3v) is 2.13. The average Bonchev–Trinajstić information content (AvgIpc) is 2.31. The fourth-order valence-electron chi connectivity index (χ4n) is 1.22. The first-order valence-electron chi connectivity index (χ1n) is 5.36. The van der Waals surface area contributed by atoms with Gasteiger partial charge < -0.3 is 15.8 Å². The quantitative estimate of drug-likeness (QED) is 0.591. The summed E-state index contributed by atoms with van der Waals surface area (Å²) in [7, 11) is 0. The Morgan fingerprint density at radius 3 is 2.94 bits per heavy atom. The Hall–Kier alpha value is -2.15. The summed E-state index contributed by atoms with van der Waals surface area (Å²) in [5, 5.41) is 2.64. The summed E-state index contributed by atoms with van der Waals surface area (Å²) in [6, 6.07) is 6.90. The summed E-state index contributed by atoms with van der Waals surface area (Å²) in [6.45, 7) is 2.02. The van der Waals surface area contributed by atoms with E-state index < -0.39 is 0 Å². The van der Waals surface area contributed by atoms with Crippen LogP contribution in [0.15, 0.2) is 24.3 Å². The molecule has 1 aromatic rings. The molecule has 17 heavy (non-hydrogen) atoms. The van der Waals surface area contributed by atoms with Crippen molar-refractivity contribution in [2.75, 3.05) is 12.3 Å². The minimum atomic E-state index is -0.260. The number of carbonyl (C=O) groups is 1. The van der Waals surface area contributed by atoms with Gasteiger partial charge in [0.15, 0.2) is 0 Å². The monoisotopic (exact) mass is 232 g/mol. The molecule has 0 fully saturated rings. The summed E-state index contributed by atoms with van der Waals surface area (Å²) < 4.78 is 5.39. The molecular weight excluding hydrogens is 216 g/mol. The lowest BCUT2D eigenvalue weighted by atomic mass is 10.3. The summed E-state index contributed by atoms with van der Waals surface area (Å²) in [5.74, 6) is 2.87. The van der Waals surface area contributed by atoms with Gasteiger partial charge in [-0.05, 0) is 19.1 Å². The molecule has 0 aliphatic carbocycles. The maximum atomic E-state index is 11.4. The van der Waals surface area contributed by atoms with Gasteiger partial charge in [-0.3, -0.25) is 4.79 Å². The van der Waals surface area contributed by atoms with Crippen LogP contribution in [0.25, 0.3) is 0 Å². The normalized spacial score (nSPS) is 11.3. The molecule has 0 aromatic heterocycles. The van der Waals surface area contributed by atoms with Crippen molar-refractivity contribution in [2.45, 2.75) is 19.4 Å². The van der Waals surface area contributed by atoms with Crippen LogP contribution in [-0.2, 0) is 4.79 Å². The number of hydrogen-bond acceptors (Lipinski definition) is 3. The lowest BCUT2D eigenvalue weighted by molar-refractivity contribution is -0.121. The minimum Gasteiger partial charge on any atom is -0.491 e. The molecule has 1 amide bonds. The summed E-state index contributed by atoms with van der Waals surface area (Å²) in [6.07, 6.45) is 5.40. The molecule has 4 nitrogen and oxygen atoms in total. The molecule has 4 heteroatoms. The number of benzene rings is 1. The van der Waals surface area contributed by atoms with E-state index in [1.165, 1.54) is 0 Å². The smallest absolute Gasteiger partial charge is 0.224 e. The van der Waals surface area contributed by atoms with Gasteiger partial charge in [0.1, 0.15) is 5.75 Å². The molecule has 0 aliphatic heterocycles. The fourth-order valence-corrected chi connectivity index (χ4v) is 1.22. The second-order valence-corrected chi connectivity index (χ2v) is 3.59. The minimum absolute atomic E-state index is 0.134. The van der Waals surface area contributed by atoms with Crippen molar-refractivity contribution < 1.29 is 9.53 Å². The predicted octanol–water partition coefficient (Wildman–Crippen LogP) is 1.18. The molecule has 90 valence electrons. The van der Waals surface area contributed by atoms with Crippen molar-refractivity contribution in [3.05, 3.63) is 24.3 Å². The highest BCUT2D eigenvalue weighted by Crippen LogP contribution is 2.19. The zero-order valence-corrected chi connectivity index (χ0v) is 9.77. The topological polar surface area (TPSA) is 64.3 Å². The van der Waals surface area contributed by atoms with Crippen LogP contribution >= 0.6 is 0 Å². The Bertz CT molecular complexity index is 424. The molecule has 3 N–H and O–H groups in total. The fraction of sp³-hybridized carbons (Fsp3) is 0.308. The molecule has 1 atom stereocenters. The van der Waals surface area contributed by atoms with Gasteiger partial charge in [0.2, 0.25) is 5.91 Å².